The molecule has 1 aromatic rings. The van der Waals surface area contributed by atoms with Crippen LogP contribution in [0.25, 0.3) is 0 Å². The molecule has 0 bridgehead atoms. The first-order chi connectivity index (χ1) is 9.70. The summed E-state index contributed by atoms with van der Waals surface area (Å²) in [5, 5.41) is 4.21. The smallest absolute Gasteiger partial charge is 0.161 e. The van der Waals surface area contributed by atoms with E-state index in [1.165, 1.54) is 5.56 Å². The second-order valence-corrected chi connectivity index (χ2v) is 6.86. The van der Waals surface area contributed by atoms with Crippen LogP contribution in [0.2, 0.25) is 0 Å². The van der Waals surface area contributed by atoms with Crippen LogP contribution < -0.4 is 14.8 Å². The van der Waals surface area contributed by atoms with Crippen molar-refractivity contribution in [3.63, 3.8) is 0 Å². The van der Waals surface area contributed by atoms with Gasteiger partial charge in [-0.3, -0.25) is 0 Å². The molecule has 0 amide bonds. The minimum atomic E-state index is 0.365. The van der Waals surface area contributed by atoms with E-state index in [-0.39, 0.29) is 0 Å². The SMILES string of the molecule is CCNC(CSC(C)C)c1ccc2c(c1)OCCCO2. The number of thioether (sulfide) groups is 1. The Kier molecular flexibility index (Phi) is 6.05. The molecular weight excluding hydrogens is 270 g/mol. The van der Waals surface area contributed by atoms with Crippen LogP contribution in [-0.4, -0.2) is 30.8 Å². The Morgan fingerprint density at radius 1 is 1.20 bits per heavy atom. The highest BCUT2D eigenvalue weighted by Gasteiger charge is 2.16. The molecule has 1 heterocycles. The van der Waals surface area contributed by atoms with Crippen LogP contribution in [0.5, 0.6) is 11.5 Å². The van der Waals surface area contributed by atoms with Crippen LogP contribution in [0, 0.1) is 0 Å². The molecule has 112 valence electrons. The molecule has 0 aliphatic carbocycles. The summed E-state index contributed by atoms with van der Waals surface area (Å²) in [7, 11) is 0. The number of hydrogen-bond donors (Lipinski definition) is 1. The van der Waals surface area contributed by atoms with Gasteiger partial charge >= 0.3 is 0 Å². The second-order valence-electron chi connectivity index (χ2n) is 5.25. The van der Waals surface area contributed by atoms with Gasteiger partial charge in [0.15, 0.2) is 11.5 Å². The first-order valence-electron chi connectivity index (χ1n) is 7.45. The Labute approximate surface area is 126 Å². The molecule has 0 fully saturated rings. The minimum Gasteiger partial charge on any atom is -0.490 e. The highest BCUT2D eigenvalue weighted by molar-refractivity contribution is 7.99. The van der Waals surface area contributed by atoms with Crippen LogP contribution in [0.4, 0.5) is 0 Å². The van der Waals surface area contributed by atoms with Crippen molar-refractivity contribution in [3.8, 4) is 11.5 Å². The van der Waals surface area contributed by atoms with Crippen molar-refractivity contribution in [1.29, 1.82) is 0 Å². The van der Waals surface area contributed by atoms with E-state index in [9.17, 15) is 0 Å². The number of benzene rings is 1. The molecule has 1 N–H and O–H groups in total. The molecule has 1 unspecified atom stereocenters. The predicted octanol–water partition coefficient (Wildman–Crippen LogP) is 3.64. The van der Waals surface area contributed by atoms with Crippen LogP contribution in [-0.2, 0) is 0 Å². The van der Waals surface area contributed by atoms with Gasteiger partial charge in [-0.15, -0.1) is 0 Å². The standard InChI is InChI=1S/C16H25NO2S/c1-4-17-14(11-20-12(2)3)13-6-7-15-16(10-13)19-9-5-8-18-15/h6-7,10,12,14,17H,4-5,8-9,11H2,1-3H3. The number of hydrogen-bond acceptors (Lipinski definition) is 4. The fourth-order valence-corrected chi connectivity index (χ4v) is 3.09. The van der Waals surface area contributed by atoms with Gasteiger partial charge in [0.1, 0.15) is 0 Å². The van der Waals surface area contributed by atoms with E-state index in [2.05, 4.69) is 38.2 Å². The molecule has 3 nitrogen and oxygen atoms in total. The normalized spacial score (nSPS) is 16.0. The lowest BCUT2D eigenvalue weighted by atomic mass is 10.1. The maximum Gasteiger partial charge on any atom is 0.161 e. The minimum absolute atomic E-state index is 0.365. The van der Waals surface area contributed by atoms with Gasteiger partial charge in [-0.05, 0) is 29.5 Å². The molecule has 0 aromatic heterocycles. The summed E-state index contributed by atoms with van der Waals surface area (Å²) in [6.45, 7) is 9.08. The Bertz CT molecular complexity index is 423. The molecular formula is C16H25NO2S. The molecule has 0 spiro atoms. The lowest BCUT2D eigenvalue weighted by molar-refractivity contribution is 0.297. The molecule has 1 aliphatic rings. The van der Waals surface area contributed by atoms with E-state index >= 15 is 0 Å². The predicted molar refractivity (Wildman–Crippen MR) is 86.1 cm³/mol. The van der Waals surface area contributed by atoms with E-state index in [0.717, 1.165) is 43.4 Å². The molecule has 0 radical (unpaired) electrons. The van der Waals surface area contributed by atoms with Gasteiger partial charge in [0.2, 0.25) is 0 Å². The molecule has 1 aliphatic heterocycles. The number of fused-ring (bicyclic) bond motifs is 1. The topological polar surface area (TPSA) is 30.5 Å². The summed E-state index contributed by atoms with van der Waals surface area (Å²) in [6.07, 6.45) is 0.948. The van der Waals surface area contributed by atoms with Crippen molar-refractivity contribution in [2.45, 2.75) is 38.5 Å². The van der Waals surface area contributed by atoms with Gasteiger partial charge in [0, 0.05) is 18.2 Å². The molecule has 20 heavy (non-hydrogen) atoms. The van der Waals surface area contributed by atoms with Gasteiger partial charge in [0.05, 0.1) is 13.2 Å². The van der Waals surface area contributed by atoms with Crippen LogP contribution in [0.1, 0.15) is 38.8 Å². The zero-order valence-electron chi connectivity index (χ0n) is 12.6. The van der Waals surface area contributed by atoms with E-state index in [1.54, 1.807) is 0 Å². The average Bonchev–Trinajstić information content (AvgIpc) is 2.67. The molecule has 4 heteroatoms. The third-order valence-electron chi connectivity index (χ3n) is 3.22. The fraction of sp³-hybridized carbons (Fsp3) is 0.625. The lowest BCUT2D eigenvalue weighted by Crippen LogP contribution is -2.23. The Balaban J connectivity index is 2.13. The van der Waals surface area contributed by atoms with Crippen LogP contribution in [0.3, 0.4) is 0 Å². The van der Waals surface area contributed by atoms with Gasteiger partial charge in [-0.2, -0.15) is 11.8 Å². The van der Waals surface area contributed by atoms with Crippen LogP contribution >= 0.6 is 11.8 Å². The molecule has 1 aromatic carbocycles. The second kappa shape index (κ2) is 7.79. The van der Waals surface area contributed by atoms with Crippen molar-refractivity contribution in [1.82, 2.24) is 5.32 Å². The van der Waals surface area contributed by atoms with E-state index < -0.39 is 0 Å². The molecule has 1 atom stereocenters. The van der Waals surface area contributed by atoms with Gasteiger partial charge in [-0.25, -0.2) is 0 Å². The fourth-order valence-electron chi connectivity index (χ4n) is 2.20. The monoisotopic (exact) mass is 295 g/mol. The summed E-state index contributed by atoms with van der Waals surface area (Å²) in [5.41, 5.74) is 1.28. The van der Waals surface area contributed by atoms with E-state index in [4.69, 9.17) is 9.47 Å². The van der Waals surface area contributed by atoms with Crippen molar-refractivity contribution < 1.29 is 9.47 Å². The lowest BCUT2D eigenvalue weighted by Gasteiger charge is -2.20. The average molecular weight is 295 g/mol. The van der Waals surface area contributed by atoms with Gasteiger partial charge in [0.25, 0.3) is 0 Å². The third-order valence-corrected chi connectivity index (χ3v) is 4.41. The highest BCUT2D eigenvalue weighted by Crippen LogP contribution is 2.33. The zero-order chi connectivity index (χ0) is 14.4. The molecule has 0 saturated carbocycles. The first-order valence-corrected chi connectivity index (χ1v) is 8.50. The van der Waals surface area contributed by atoms with Crippen molar-refractivity contribution >= 4 is 11.8 Å². The van der Waals surface area contributed by atoms with E-state index in [0.29, 0.717) is 11.3 Å². The maximum atomic E-state index is 5.78. The quantitative estimate of drug-likeness (QED) is 0.868. The highest BCUT2D eigenvalue weighted by atomic mass is 32.2. The maximum absolute atomic E-state index is 5.78. The van der Waals surface area contributed by atoms with Crippen LogP contribution in [0.15, 0.2) is 18.2 Å². The first kappa shape index (κ1) is 15.5. The third kappa shape index (κ3) is 4.32. The van der Waals surface area contributed by atoms with Crippen molar-refractivity contribution in [2.75, 3.05) is 25.5 Å². The van der Waals surface area contributed by atoms with Gasteiger partial charge in [-0.1, -0.05) is 26.8 Å². The summed E-state index contributed by atoms with van der Waals surface area (Å²) >= 11 is 1.98. The summed E-state index contributed by atoms with van der Waals surface area (Å²) in [5.74, 6) is 2.83. The summed E-state index contributed by atoms with van der Waals surface area (Å²) < 4.78 is 11.5. The Hall–Kier alpha value is -0.870. The Morgan fingerprint density at radius 2 is 1.95 bits per heavy atom. The summed E-state index contributed by atoms with van der Waals surface area (Å²) in [4.78, 5) is 0. The number of nitrogens with one attached hydrogen (secondary N) is 1. The number of ether oxygens (including phenoxy) is 2. The number of rotatable bonds is 6. The Morgan fingerprint density at radius 3 is 2.65 bits per heavy atom. The molecule has 2 rings (SSSR count). The largest absolute Gasteiger partial charge is 0.490 e. The zero-order valence-corrected chi connectivity index (χ0v) is 13.5. The summed E-state index contributed by atoms with van der Waals surface area (Å²) in [6, 6.07) is 6.70. The van der Waals surface area contributed by atoms with E-state index in [1.807, 2.05) is 17.8 Å². The van der Waals surface area contributed by atoms with Crippen molar-refractivity contribution in [3.05, 3.63) is 23.8 Å². The van der Waals surface area contributed by atoms with Crippen molar-refractivity contribution in [2.24, 2.45) is 0 Å². The molecule has 0 saturated heterocycles. The van der Waals surface area contributed by atoms with Gasteiger partial charge < -0.3 is 14.8 Å².